The largest absolute Gasteiger partial charge is 0.358 e. The van der Waals surface area contributed by atoms with E-state index in [2.05, 4.69) is 41.9 Å². The number of hydrogen-bond donors (Lipinski definition) is 1. The van der Waals surface area contributed by atoms with Gasteiger partial charge < -0.3 is 19.7 Å². The molecule has 48 heavy (non-hydrogen) atoms. The summed E-state index contributed by atoms with van der Waals surface area (Å²) in [6.45, 7) is 11.8. The number of likely N-dealkylation sites (tertiary alicyclic amines) is 2. The van der Waals surface area contributed by atoms with Crippen molar-refractivity contribution in [2.24, 2.45) is 5.92 Å². The summed E-state index contributed by atoms with van der Waals surface area (Å²) in [7, 11) is 0. The number of nitrogens with one attached hydrogen (secondary N) is 1. The van der Waals surface area contributed by atoms with Crippen LogP contribution in [0.3, 0.4) is 0 Å². The molecule has 3 fully saturated rings. The first-order chi connectivity index (χ1) is 23.2. The van der Waals surface area contributed by atoms with E-state index >= 15 is 0 Å². The summed E-state index contributed by atoms with van der Waals surface area (Å²) in [5.74, 6) is 0.435. The van der Waals surface area contributed by atoms with Crippen molar-refractivity contribution in [1.29, 1.82) is 0 Å². The maximum Gasteiger partial charge on any atom is 0.254 e. The highest BCUT2D eigenvalue weighted by Gasteiger charge is 2.34. The number of carbonyl (C=O) groups is 3. The Labute approximate surface area is 282 Å². The van der Waals surface area contributed by atoms with Crippen LogP contribution in [0.25, 0.3) is 33.4 Å². The molecule has 4 aromatic rings. The highest BCUT2D eigenvalue weighted by atomic mass is 16.2. The number of pyridine rings is 1. The van der Waals surface area contributed by atoms with Crippen LogP contribution in [0.4, 0.5) is 0 Å². The van der Waals surface area contributed by atoms with E-state index in [4.69, 9.17) is 4.98 Å². The van der Waals surface area contributed by atoms with Crippen molar-refractivity contribution in [1.82, 2.24) is 29.6 Å². The molecule has 2 aromatic heterocycles. The fourth-order valence-corrected chi connectivity index (χ4v) is 7.81. The SMILES string of the molecule is CC(=O)N1CCC(C(=O)N2CCC(N3CCN(C(=O)c4cc(-c5ccccc5)nc(-c5ccc6c(C)c(C)[nH]c6c5)c4)CC3)CC2)CC1. The van der Waals surface area contributed by atoms with E-state index in [9.17, 15) is 14.4 Å². The van der Waals surface area contributed by atoms with Gasteiger partial charge in [-0.05, 0) is 63.3 Å². The van der Waals surface area contributed by atoms with Gasteiger partial charge >= 0.3 is 0 Å². The van der Waals surface area contributed by atoms with Gasteiger partial charge in [-0.25, -0.2) is 4.98 Å². The van der Waals surface area contributed by atoms with Crippen molar-refractivity contribution in [3.63, 3.8) is 0 Å². The Hall–Kier alpha value is -4.50. The molecule has 3 aliphatic heterocycles. The number of hydrogen-bond acceptors (Lipinski definition) is 5. The Morgan fingerprint density at radius 3 is 2.02 bits per heavy atom. The number of H-pyrrole nitrogens is 1. The third kappa shape index (κ3) is 6.48. The highest BCUT2D eigenvalue weighted by Crippen LogP contribution is 2.30. The zero-order valence-corrected chi connectivity index (χ0v) is 28.4. The Bertz CT molecular complexity index is 1810. The Balaban J connectivity index is 1.00. The van der Waals surface area contributed by atoms with Crippen LogP contribution >= 0.6 is 0 Å². The van der Waals surface area contributed by atoms with E-state index in [0.29, 0.717) is 37.8 Å². The Morgan fingerprint density at radius 2 is 1.35 bits per heavy atom. The lowest BCUT2D eigenvalue weighted by molar-refractivity contribution is -0.141. The number of aromatic nitrogens is 2. The van der Waals surface area contributed by atoms with Crippen molar-refractivity contribution in [2.45, 2.75) is 52.5 Å². The lowest BCUT2D eigenvalue weighted by Crippen LogP contribution is -2.55. The van der Waals surface area contributed by atoms with Crippen LogP contribution in [-0.2, 0) is 9.59 Å². The number of benzene rings is 2. The molecule has 5 heterocycles. The molecule has 0 bridgehead atoms. The second-order valence-electron chi connectivity index (χ2n) is 13.8. The number of rotatable bonds is 5. The molecule has 2 aromatic carbocycles. The first-order valence-corrected chi connectivity index (χ1v) is 17.5. The van der Waals surface area contributed by atoms with Gasteiger partial charge in [0.15, 0.2) is 0 Å². The molecular formula is C39H46N6O3. The van der Waals surface area contributed by atoms with Crippen LogP contribution in [-0.4, -0.2) is 106 Å². The molecule has 9 heteroatoms. The Morgan fingerprint density at radius 1 is 0.708 bits per heavy atom. The number of carbonyl (C=O) groups excluding carboxylic acids is 3. The first-order valence-electron chi connectivity index (χ1n) is 17.5. The summed E-state index contributed by atoms with van der Waals surface area (Å²) in [5, 5.41) is 1.20. The average Bonchev–Trinajstić information content (AvgIpc) is 3.43. The molecule has 0 aliphatic carbocycles. The van der Waals surface area contributed by atoms with Gasteiger partial charge in [0.25, 0.3) is 5.91 Å². The van der Waals surface area contributed by atoms with Crippen molar-refractivity contribution in [2.75, 3.05) is 52.4 Å². The number of aryl methyl sites for hydroxylation is 2. The van der Waals surface area contributed by atoms with Gasteiger partial charge in [0.1, 0.15) is 0 Å². The fraction of sp³-hybridized carbons (Fsp3) is 0.436. The highest BCUT2D eigenvalue weighted by molar-refractivity contribution is 5.97. The summed E-state index contributed by atoms with van der Waals surface area (Å²) >= 11 is 0. The molecule has 1 N–H and O–H groups in total. The van der Waals surface area contributed by atoms with Gasteiger partial charge in [0.2, 0.25) is 11.8 Å². The zero-order chi connectivity index (χ0) is 33.4. The minimum atomic E-state index is 0.0348. The third-order valence-corrected chi connectivity index (χ3v) is 10.9. The molecule has 0 saturated carbocycles. The summed E-state index contributed by atoms with van der Waals surface area (Å²) in [6, 6.07) is 20.8. The van der Waals surface area contributed by atoms with Gasteiger partial charge in [-0.2, -0.15) is 0 Å². The molecule has 0 spiro atoms. The molecule has 3 amide bonds. The summed E-state index contributed by atoms with van der Waals surface area (Å²) < 4.78 is 0. The number of fused-ring (bicyclic) bond motifs is 1. The normalized spacial score (nSPS) is 18.4. The molecular weight excluding hydrogens is 600 g/mol. The number of piperidine rings is 2. The average molecular weight is 647 g/mol. The molecule has 0 unspecified atom stereocenters. The number of amides is 3. The van der Waals surface area contributed by atoms with E-state index in [-0.39, 0.29) is 23.6 Å². The number of aromatic amines is 1. The van der Waals surface area contributed by atoms with Crippen molar-refractivity contribution in [3.05, 3.63) is 77.5 Å². The van der Waals surface area contributed by atoms with E-state index in [1.807, 2.05) is 57.2 Å². The molecule has 3 aliphatic rings. The molecule has 7 rings (SSSR count). The van der Waals surface area contributed by atoms with E-state index in [0.717, 1.165) is 85.6 Å². The summed E-state index contributed by atoms with van der Waals surface area (Å²) in [5.41, 5.74) is 7.68. The molecule has 9 nitrogen and oxygen atoms in total. The second-order valence-corrected chi connectivity index (χ2v) is 13.8. The van der Waals surface area contributed by atoms with Gasteiger partial charge in [-0.15, -0.1) is 0 Å². The molecule has 3 saturated heterocycles. The lowest BCUT2D eigenvalue weighted by Gasteiger charge is -2.43. The zero-order valence-electron chi connectivity index (χ0n) is 28.4. The van der Waals surface area contributed by atoms with Crippen molar-refractivity contribution >= 4 is 28.6 Å². The minimum Gasteiger partial charge on any atom is -0.358 e. The topological polar surface area (TPSA) is 92.9 Å². The third-order valence-electron chi connectivity index (χ3n) is 10.9. The first kappa shape index (κ1) is 32.1. The van der Waals surface area contributed by atoms with Gasteiger partial charge in [-0.1, -0.05) is 42.5 Å². The minimum absolute atomic E-state index is 0.0348. The monoisotopic (exact) mass is 646 g/mol. The fourth-order valence-electron chi connectivity index (χ4n) is 7.81. The van der Waals surface area contributed by atoms with Crippen LogP contribution in [0, 0.1) is 19.8 Å². The number of nitrogens with zero attached hydrogens (tertiary/aromatic N) is 5. The summed E-state index contributed by atoms with van der Waals surface area (Å²) in [6.07, 6.45) is 3.46. The van der Waals surface area contributed by atoms with E-state index in [1.54, 1.807) is 6.92 Å². The van der Waals surface area contributed by atoms with E-state index in [1.165, 1.54) is 10.9 Å². The second kappa shape index (κ2) is 13.5. The van der Waals surface area contributed by atoms with Crippen LogP contribution in [0.2, 0.25) is 0 Å². The van der Waals surface area contributed by atoms with E-state index < -0.39 is 0 Å². The number of piperazine rings is 1. The van der Waals surface area contributed by atoms with Crippen LogP contribution in [0.15, 0.2) is 60.7 Å². The van der Waals surface area contributed by atoms with Gasteiger partial charge in [0.05, 0.1) is 11.4 Å². The smallest absolute Gasteiger partial charge is 0.254 e. The van der Waals surface area contributed by atoms with Gasteiger partial charge in [0, 0.05) is 105 Å². The predicted molar refractivity (Wildman–Crippen MR) is 188 cm³/mol. The predicted octanol–water partition coefficient (Wildman–Crippen LogP) is 5.52. The lowest BCUT2D eigenvalue weighted by atomic mass is 9.93. The van der Waals surface area contributed by atoms with Crippen molar-refractivity contribution < 1.29 is 14.4 Å². The Kier molecular flexibility index (Phi) is 9.05. The molecule has 250 valence electrons. The van der Waals surface area contributed by atoms with Crippen LogP contribution in [0.1, 0.15) is 54.2 Å². The molecule has 0 radical (unpaired) electrons. The van der Waals surface area contributed by atoms with Crippen molar-refractivity contribution in [3.8, 4) is 22.5 Å². The van der Waals surface area contributed by atoms with Crippen LogP contribution < -0.4 is 0 Å². The standard InChI is InChI=1S/C39H46N6O3/c1-26-27(2)40-37-23-31(9-10-34(26)37)36-25-32(24-35(41-36)29-7-5-4-6-8-29)39(48)45-21-19-43(20-22-45)33-13-17-44(18-14-33)38(47)30-11-15-42(16-12-30)28(3)46/h4-10,23-25,30,33,40H,11-22H2,1-3H3. The maximum absolute atomic E-state index is 14.0. The molecule has 0 atom stereocenters. The summed E-state index contributed by atoms with van der Waals surface area (Å²) in [4.78, 5) is 55.9. The van der Waals surface area contributed by atoms with Gasteiger partial charge in [-0.3, -0.25) is 19.3 Å². The maximum atomic E-state index is 14.0. The quantitative estimate of drug-likeness (QED) is 0.308. The van der Waals surface area contributed by atoms with Crippen LogP contribution in [0.5, 0.6) is 0 Å².